The molecule has 1 aliphatic carbocycles. The third-order valence-electron chi connectivity index (χ3n) is 8.82. The van der Waals surface area contributed by atoms with Crippen molar-refractivity contribution >= 4 is 34.6 Å². The zero-order valence-electron chi connectivity index (χ0n) is 26.3. The summed E-state index contributed by atoms with van der Waals surface area (Å²) in [7, 11) is 0. The number of anilines is 1. The lowest BCUT2D eigenvalue weighted by atomic mass is 9.77. The number of ketones is 1. The number of amides is 1. The van der Waals surface area contributed by atoms with E-state index in [2.05, 4.69) is 49.5 Å². The summed E-state index contributed by atoms with van der Waals surface area (Å²) in [6.45, 7) is 8.71. The molecule has 1 N–H and O–H groups in total. The molecule has 0 radical (unpaired) electrons. The second-order valence-electron chi connectivity index (χ2n) is 12.9. The summed E-state index contributed by atoms with van der Waals surface area (Å²) >= 11 is 6.15. The van der Waals surface area contributed by atoms with Crippen LogP contribution in [0.15, 0.2) is 97.1 Å². The van der Waals surface area contributed by atoms with Gasteiger partial charge in [-0.25, -0.2) is 0 Å². The molecule has 0 aromatic heterocycles. The molecule has 1 aliphatic rings. The molecule has 1 amide bonds. The molecule has 0 unspecified atom stereocenters. The van der Waals surface area contributed by atoms with Gasteiger partial charge in [0.1, 0.15) is 0 Å². The van der Waals surface area contributed by atoms with E-state index in [1.165, 1.54) is 17.6 Å². The molecule has 226 valence electrons. The van der Waals surface area contributed by atoms with E-state index in [9.17, 15) is 9.59 Å². The van der Waals surface area contributed by atoms with Crippen LogP contribution in [0.2, 0.25) is 5.02 Å². The fourth-order valence-corrected chi connectivity index (χ4v) is 6.20. The van der Waals surface area contributed by atoms with E-state index in [1.54, 1.807) is 0 Å². The zero-order chi connectivity index (χ0) is 31.3. The minimum atomic E-state index is -0.390. The average Bonchev–Trinajstić information content (AvgIpc) is 3.01. The first-order chi connectivity index (χ1) is 21.1. The van der Waals surface area contributed by atoms with Crippen LogP contribution in [0.3, 0.4) is 0 Å². The highest BCUT2D eigenvalue weighted by Crippen LogP contribution is 2.38. The third kappa shape index (κ3) is 7.76. The predicted octanol–water partition coefficient (Wildman–Crippen LogP) is 10.9. The van der Waals surface area contributed by atoms with Crippen molar-refractivity contribution in [2.75, 3.05) is 5.32 Å². The molecule has 1 atom stereocenters. The van der Waals surface area contributed by atoms with E-state index >= 15 is 0 Å². The monoisotopic (exact) mass is 603 g/mol. The summed E-state index contributed by atoms with van der Waals surface area (Å²) < 4.78 is 0. The second-order valence-corrected chi connectivity index (χ2v) is 13.3. The highest BCUT2D eigenvalue weighted by molar-refractivity contribution is 6.30. The largest absolute Gasteiger partial charge is 0.326 e. The lowest BCUT2D eigenvalue weighted by Crippen LogP contribution is -2.23. The Kier molecular flexibility index (Phi) is 9.86. The Bertz CT molecular complexity index is 1650. The Morgan fingerprint density at radius 2 is 1.57 bits per heavy atom. The fourth-order valence-electron chi connectivity index (χ4n) is 5.98. The summed E-state index contributed by atoms with van der Waals surface area (Å²) in [5.74, 6) is -0.293. The van der Waals surface area contributed by atoms with Crippen LogP contribution in [0.4, 0.5) is 5.69 Å². The standard InChI is InChI=1S/C40H42ClNO2/c1-5-6-38(43)33-9-7-28(8-10-33)26-37(32-13-11-29(12-14-32)30-21-23-40(3,4)24-22-30)39(44)42-35-18-15-31(16-19-35)36-20-17-34(41)25-27(36)2/h7-21,25,37H,5-6,22-24,26H2,1-4H3,(H,42,44)/t37-/m1/s1. The van der Waals surface area contributed by atoms with Gasteiger partial charge in [-0.3, -0.25) is 9.59 Å². The number of Topliss-reactive ketones (excluding diaryl/α,β-unsaturated/α-hetero) is 1. The maximum Gasteiger partial charge on any atom is 0.232 e. The van der Waals surface area contributed by atoms with Gasteiger partial charge in [-0.1, -0.05) is 105 Å². The number of rotatable bonds is 10. The minimum Gasteiger partial charge on any atom is -0.326 e. The Morgan fingerprint density at radius 1 is 0.886 bits per heavy atom. The van der Waals surface area contributed by atoms with Gasteiger partial charge in [0.2, 0.25) is 5.91 Å². The Balaban J connectivity index is 1.38. The summed E-state index contributed by atoms with van der Waals surface area (Å²) in [5, 5.41) is 3.89. The van der Waals surface area contributed by atoms with Gasteiger partial charge in [-0.15, -0.1) is 0 Å². The van der Waals surface area contributed by atoms with E-state index in [1.807, 2.05) is 80.6 Å². The number of nitrogens with one attached hydrogen (secondary N) is 1. The number of aryl methyl sites for hydroxylation is 1. The van der Waals surface area contributed by atoms with Gasteiger partial charge in [0.05, 0.1) is 5.92 Å². The molecule has 0 spiro atoms. The van der Waals surface area contributed by atoms with Crippen molar-refractivity contribution in [1.82, 2.24) is 0 Å². The van der Waals surface area contributed by atoms with Crippen molar-refractivity contribution in [3.8, 4) is 11.1 Å². The van der Waals surface area contributed by atoms with Gasteiger partial charge >= 0.3 is 0 Å². The van der Waals surface area contributed by atoms with Crippen LogP contribution in [0.1, 0.15) is 91.4 Å². The number of hydrogen-bond donors (Lipinski definition) is 1. The molecule has 0 saturated heterocycles. The van der Waals surface area contributed by atoms with Crippen molar-refractivity contribution in [2.45, 2.75) is 72.1 Å². The minimum absolute atomic E-state index is 0.0575. The van der Waals surface area contributed by atoms with Crippen LogP contribution in [0.25, 0.3) is 16.7 Å². The van der Waals surface area contributed by atoms with E-state index in [0.717, 1.165) is 63.4 Å². The number of hydrogen-bond acceptors (Lipinski definition) is 2. The first-order valence-corrected chi connectivity index (χ1v) is 16.1. The Labute approximate surface area is 267 Å². The average molecular weight is 604 g/mol. The van der Waals surface area contributed by atoms with Crippen LogP contribution < -0.4 is 5.32 Å². The van der Waals surface area contributed by atoms with Gasteiger partial charge in [-0.2, -0.15) is 0 Å². The first-order valence-electron chi connectivity index (χ1n) is 15.7. The highest BCUT2D eigenvalue weighted by Gasteiger charge is 2.24. The molecule has 5 rings (SSSR count). The maximum atomic E-state index is 13.9. The third-order valence-corrected chi connectivity index (χ3v) is 9.05. The van der Waals surface area contributed by atoms with Crippen LogP contribution in [0.5, 0.6) is 0 Å². The van der Waals surface area contributed by atoms with Gasteiger partial charge in [0.25, 0.3) is 0 Å². The van der Waals surface area contributed by atoms with Gasteiger partial charge in [-0.05, 0) is 108 Å². The van der Waals surface area contributed by atoms with Crippen LogP contribution >= 0.6 is 11.6 Å². The molecule has 4 heteroatoms. The fraction of sp³-hybridized carbons (Fsp3) is 0.300. The summed E-state index contributed by atoms with van der Waals surface area (Å²) in [6, 6.07) is 30.1. The Morgan fingerprint density at radius 3 is 2.18 bits per heavy atom. The molecule has 0 bridgehead atoms. The lowest BCUT2D eigenvalue weighted by molar-refractivity contribution is -0.117. The van der Waals surface area contributed by atoms with Crippen molar-refractivity contribution in [1.29, 1.82) is 0 Å². The van der Waals surface area contributed by atoms with Crippen molar-refractivity contribution < 1.29 is 9.59 Å². The van der Waals surface area contributed by atoms with Gasteiger partial charge < -0.3 is 5.32 Å². The number of carbonyl (C=O) groups excluding carboxylic acids is 2. The predicted molar refractivity (Wildman–Crippen MR) is 184 cm³/mol. The second kappa shape index (κ2) is 13.8. The molecular formula is C40H42ClNO2. The maximum absolute atomic E-state index is 13.9. The normalized spacial score (nSPS) is 14.9. The van der Waals surface area contributed by atoms with E-state index < -0.39 is 5.92 Å². The van der Waals surface area contributed by atoms with Crippen LogP contribution in [0, 0.1) is 12.3 Å². The SMILES string of the molecule is CCCC(=O)c1ccc(C[C@@H](C(=O)Nc2ccc(-c3ccc(Cl)cc3C)cc2)c2ccc(C3=CCC(C)(C)CC3)cc2)cc1. The van der Waals surface area contributed by atoms with E-state index in [-0.39, 0.29) is 11.7 Å². The summed E-state index contributed by atoms with van der Waals surface area (Å²) in [5.41, 5.74) is 9.74. The van der Waals surface area contributed by atoms with Gasteiger partial charge in [0, 0.05) is 22.7 Å². The Hall–Kier alpha value is -3.95. The van der Waals surface area contributed by atoms with Crippen molar-refractivity contribution in [3.63, 3.8) is 0 Å². The van der Waals surface area contributed by atoms with E-state index in [0.29, 0.717) is 18.3 Å². The lowest BCUT2D eigenvalue weighted by Gasteiger charge is -2.28. The van der Waals surface area contributed by atoms with Crippen molar-refractivity contribution in [3.05, 3.63) is 130 Å². The molecule has 0 fully saturated rings. The molecule has 44 heavy (non-hydrogen) atoms. The smallest absolute Gasteiger partial charge is 0.232 e. The summed E-state index contributed by atoms with van der Waals surface area (Å²) in [6.07, 6.45) is 7.62. The molecule has 0 aliphatic heterocycles. The molecular weight excluding hydrogens is 562 g/mol. The van der Waals surface area contributed by atoms with Gasteiger partial charge in [0.15, 0.2) is 5.78 Å². The van der Waals surface area contributed by atoms with Crippen LogP contribution in [-0.2, 0) is 11.2 Å². The number of halogens is 1. The number of carbonyl (C=O) groups is 2. The quantitative estimate of drug-likeness (QED) is 0.183. The molecule has 0 heterocycles. The topological polar surface area (TPSA) is 46.2 Å². The molecule has 0 saturated carbocycles. The highest BCUT2D eigenvalue weighted by atomic mass is 35.5. The first kappa shape index (κ1) is 31.5. The van der Waals surface area contributed by atoms with Crippen LogP contribution in [-0.4, -0.2) is 11.7 Å². The van der Waals surface area contributed by atoms with E-state index in [4.69, 9.17) is 11.6 Å². The zero-order valence-corrected chi connectivity index (χ0v) is 27.0. The molecule has 4 aromatic carbocycles. The summed E-state index contributed by atoms with van der Waals surface area (Å²) in [4.78, 5) is 26.3. The number of allylic oxidation sites excluding steroid dienone is 2. The number of benzene rings is 4. The van der Waals surface area contributed by atoms with Crippen molar-refractivity contribution in [2.24, 2.45) is 5.41 Å². The molecule has 3 nitrogen and oxygen atoms in total. The molecule has 4 aromatic rings.